The standard InChI is InChI=1S/C17H20N4O.ClH/c18-16-8-4-7-15(19-16)17(22)21-11-9-20(10-12-21)13-14-5-2-1-3-6-14;/h1-8H,9-13H2,(H2,18,19);1H. The van der Waals surface area contributed by atoms with Gasteiger partial charge in [-0.1, -0.05) is 36.4 Å². The van der Waals surface area contributed by atoms with Gasteiger partial charge in [0.25, 0.3) is 5.91 Å². The molecule has 0 aliphatic carbocycles. The van der Waals surface area contributed by atoms with Crippen molar-refractivity contribution >= 4 is 24.1 Å². The molecule has 0 unspecified atom stereocenters. The molecule has 3 rings (SSSR count). The summed E-state index contributed by atoms with van der Waals surface area (Å²) in [5.74, 6) is 0.347. The van der Waals surface area contributed by atoms with E-state index in [1.54, 1.807) is 18.2 Å². The first-order chi connectivity index (χ1) is 10.7. The minimum absolute atomic E-state index is 0. The van der Waals surface area contributed by atoms with Crippen LogP contribution in [0.15, 0.2) is 48.5 Å². The Hall–Kier alpha value is -2.11. The van der Waals surface area contributed by atoms with Gasteiger partial charge in [0.15, 0.2) is 0 Å². The fourth-order valence-corrected chi connectivity index (χ4v) is 2.68. The van der Waals surface area contributed by atoms with Gasteiger partial charge in [-0.25, -0.2) is 4.98 Å². The Labute approximate surface area is 142 Å². The van der Waals surface area contributed by atoms with Gasteiger partial charge >= 0.3 is 0 Å². The summed E-state index contributed by atoms with van der Waals surface area (Å²) in [5.41, 5.74) is 7.38. The van der Waals surface area contributed by atoms with Crippen LogP contribution in [0.2, 0.25) is 0 Å². The average Bonchev–Trinajstić information content (AvgIpc) is 2.56. The van der Waals surface area contributed by atoms with E-state index in [0.29, 0.717) is 11.5 Å². The van der Waals surface area contributed by atoms with Gasteiger partial charge in [-0.05, 0) is 17.7 Å². The van der Waals surface area contributed by atoms with Crippen molar-refractivity contribution in [3.63, 3.8) is 0 Å². The third-order valence-corrected chi connectivity index (χ3v) is 3.90. The summed E-state index contributed by atoms with van der Waals surface area (Å²) in [6.07, 6.45) is 0. The summed E-state index contributed by atoms with van der Waals surface area (Å²) in [6, 6.07) is 15.6. The number of nitrogens with two attached hydrogens (primary N) is 1. The number of anilines is 1. The first kappa shape index (κ1) is 17.2. The molecule has 0 saturated carbocycles. The van der Waals surface area contributed by atoms with E-state index in [9.17, 15) is 4.79 Å². The fourth-order valence-electron chi connectivity index (χ4n) is 2.68. The topological polar surface area (TPSA) is 62.5 Å². The van der Waals surface area contributed by atoms with E-state index in [1.807, 2.05) is 11.0 Å². The number of benzene rings is 1. The number of piperazine rings is 1. The lowest BCUT2D eigenvalue weighted by Crippen LogP contribution is -2.48. The van der Waals surface area contributed by atoms with E-state index >= 15 is 0 Å². The number of aromatic nitrogens is 1. The SMILES string of the molecule is Cl.Nc1cccc(C(=O)N2CCN(Cc3ccccc3)CC2)n1. The van der Waals surface area contributed by atoms with Crippen LogP contribution in [0.5, 0.6) is 0 Å². The zero-order valence-corrected chi connectivity index (χ0v) is 13.7. The van der Waals surface area contributed by atoms with Crippen LogP contribution >= 0.6 is 12.4 Å². The second-order valence-electron chi connectivity index (χ2n) is 5.50. The van der Waals surface area contributed by atoms with Gasteiger partial charge < -0.3 is 10.6 Å². The van der Waals surface area contributed by atoms with E-state index in [1.165, 1.54) is 5.56 Å². The Kier molecular flexibility index (Phi) is 5.96. The van der Waals surface area contributed by atoms with Crippen molar-refractivity contribution in [1.29, 1.82) is 0 Å². The van der Waals surface area contributed by atoms with Crippen molar-refractivity contribution in [2.24, 2.45) is 0 Å². The maximum atomic E-state index is 12.4. The van der Waals surface area contributed by atoms with E-state index in [0.717, 1.165) is 32.7 Å². The summed E-state index contributed by atoms with van der Waals surface area (Å²) >= 11 is 0. The Morgan fingerprint density at radius 2 is 1.70 bits per heavy atom. The fraction of sp³-hybridized carbons (Fsp3) is 0.294. The minimum Gasteiger partial charge on any atom is -0.384 e. The first-order valence-corrected chi connectivity index (χ1v) is 7.50. The van der Waals surface area contributed by atoms with E-state index in [2.05, 4.69) is 34.1 Å². The monoisotopic (exact) mass is 332 g/mol. The lowest BCUT2D eigenvalue weighted by atomic mass is 10.2. The highest BCUT2D eigenvalue weighted by atomic mass is 35.5. The molecular formula is C17H21ClN4O. The lowest BCUT2D eigenvalue weighted by molar-refractivity contribution is 0.0623. The molecule has 0 spiro atoms. The molecule has 2 aromatic rings. The Morgan fingerprint density at radius 3 is 2.35 bits per heavy atom. The van der Waals surface area contributed by atoms with Crippen LogP contribution in [0.4, 0.5) is 5.82 Å². The highest BCUT2D eigenvalue weighted by Gasteiger charge is 2.22. The van der Waals surface area contributed by atoms with Crippen LogP contribution in [0, 0.1) is 0 Å². The smallest absolute Gasteiger partial charge is 0.272 e. The normalized spacial score (nSPS) is 15.0. The van der Waals surface area contributed by atoms with Crippen molar-refractivity contribution in [1.82, 2.24) is 14.8 Å². The predicted octanol–water partition coefficient (Wildman–Crippen LogP) is 2.04. The number of nitrogen functional groups attached to an aromatic ring is 1. The maximum Gasteiger partial charge on any atom is 0.272 e. The molecule has 1 aromatic carbocycles. The van der Waals surface area contributed by atoms with Crippen LogP contribution in [0.25, 0.3) is 0 Å². The maximum absolute atomic E-state index is 12.4. The molecule has 1 fully saturated rings. The summed E-state index contributed by atoms with van der Waals surface area (Å²) in [4.78, 5) is 20.7. The summed E-state index contributed by atoms with van der Waals surface area (Å²) in [5, 5.41) is 0. The highest BCUT2D eigenvalue weighted by Crippen LogP contribution is 2.11. The van der Waals surface area contributed by atoms with Crippen LogP contribution in [0.1, 0.15) is 16.1 Å². The Balaban J connectivity index is 0.00000192. The highest BCUT2D eigenvalue weighted by molar-refractivity contribution is 5.92. The molecule has 23 heavy (non-hydrogen) atoms. The second-order valence-corrected chi connectivity index (χ2v) is 5.50. The largest absolute Gasteiger partial charge is 0.384 e. The van der Waals surface area contributed by atoms with E-state index < -0.39 is 0 Å². The molecule has 0 radical (unpaired) electrons. The molecule has 5 nitrogen and oxygen atoms in total. The number of nitrogens with zero attached hydrogens (tertiary/aromatic N) is 3. The van der Waals surface area contributed by atoms with Crippen LogP contribution < -0.4 is 5.73 Å². The number of amides is 1. The summed E-state index contributed by atoms with van der Waals surface area (Å²) < 4.78 is 0. The number of pyridine rings is 1. The average molecular weight is 333 g/mol. The van der Waals surface area contributed by atoms with Crippen LogP contribution in [0.3, 0.4) is 0 Å². The van der Waals surface area contributed by atoms with Gasteiger partial charge in [0.1, 0.15) is 11.5 Å². The third-order valence-electron chi connectivity index (χ3n) is 3.90. The van der Waals surface area contributed by atoms with E-state index in [-0.39, 0.29) is 18.3 Å². The Bertz CT molecular complexity index is 642. The van der Waals surface area contributed by atoms with Gasteiger partial charge in [0.2, 0.25) is 0 Å². The number of halogens is 1. The number of rotatable bonds is 3. The second kappa shape index (κ2) is 7.94. The first-order valence-electron chi connectivity index (χ1n) is 7.50. The van der Waals surface area contributed by atoms with Crippen LogP contribution in [-0.2, 0) is 6.54 Å². The molecule has 0 atom stereocenters. The number of hydrogen-bond acceptors (Lipinski definition) is 4. The third kappa shape index (κ3) is 4.43. The molecule has 2 heterocycles. The molecule has 1 saturated heterocycles. The van der Waals surface area contributed by atoms with Gasteiger partial charge in [0.05, 0.1) is 0 Å². The quantitative estimate of drug-likeness (QED) is 0.934. The molecule has 6 heteroatoms. The molecule has 1 aromatic heterocycles. The Morgan fingerprint density at radius 1 is 1.00 bits per heavy atom. The summed E-state index contributed by atoms with van der Waals surface area (Å²) in [6.45, 7) is 4.13. The molecule has 2 N–H and O–H groups in total. The lowest BCUT2D eigenvalue weighted by Gasteiger charge is -2.34. The molecule has 122 valence electrons. The molecule has 1 aliphatic heterocycles. The zero-order valence-electron chi connectivity index (χ0n) is 12.9. The van der Waals surface area contributed by atoms with Gasteiger partial charge in [-0.2, -0.15) is 0 Å². The van der Waals surface area contributed by atoms with Crippen molar-refractivity contribution in [3.8, 4) is 0 Å². The zero-order chi connectivity index (χ0) is 15.4. The summed E-state index contributed by atoms with van der Waals surface area (Å²) in [7, 11) is 0. The van der Waals surface area contributed by atoms with Crippen molar-refractivity contribution in [2.45, 2.75) is 6.54 Å². The number of carbonyl (C=O) groups is 1. The van der Waals surface area contributed by atoms with Gasteiger partial charge in [0, 0.05) is 32.7 Å². The van der Waals surface area contributed by atoms with Gasteiger partial charge in [-0.15, -0.1) is 12.4 Å². The molecule has 1 aliphatic rings. The van der Waals surface area contributed by atoms with Crippen molar-refractivity contribution in [2.75, 3.05) is 31.9 Å². The molecule has 0 bridgehead atoms. The van der Waals surface area contributed by atoms with Crippen molar-refractivity contribution in [3.05, 3.63) is 59.8 Å². The van der Waals surface area contributed by atoms with E-state index in [4.69, 9.17) is 5.73 Å². The minimum atomic E-state index is -0.0355. The molecular weight excluding hydrogens is 312 g/mol. The number of carbonyl (C=O) groups excluding carboxylic acids is 1. The molecule has 1 amide bonds. The van der Waals surface area contributed by atoms with Crippen molar-refractivity contribution < 1.29 is 4.79 Å². The predicted molar refractivity (Wildman–Crippen MR) is 93.5 cm³/mol. The van der Waals surface area contributed by atoms with Gasteiger partial charge in [-0.3, -0.25) is 9.69 Å². The van der Waals surface area contributed by atoms with Crippen LogP contribution in [-0.4, -0.2) is 46.9 Å². The number of hydrogen-bond donors (Lipinski definition) is 1.